The Labute approximate surface area is 84.3 Å². The fourth-order valence-corrected chi connectivity index (χ4v) is 2.09. The highest BCUT2D eigenvalue weighted by Gasteiger charge is 2.24. The van der Waals surface area contributed by atoms with Gasteiger partial charge in [0.15, 0.2) is 5.76 Å². The van der Waals surface area contributed by atoms with Crippen LogP contribution in [0, 0.1) is 0 Å². The maximum Gasteiger partial charge on any atom is 0.150 e. The molecule has 1 N–H and O–H groups in total. The first-order valence-electron chi connectivity index (χ1n) is 5.18. The van der Waals surface area contributed by atoms with Crippen molar-refractivity contribution in [3.63, 3.8) is 0 Å². The molecule has 1 aromatic heterocycles. The molecule has 0 saturated carbocycles. The van der Waals surface area contributed by atoms with Crippen molar-refractivity contribution in [2.75, 3.05) is 20.1 Å². The molecule has 1 atom stereocenters. The minimum atomic E-state index is 0.657. The van der Waals surface area contributed by atoms with Crippen molar-refractivity contribution in [3.05, 3.63) is 18.0 Å². The van der Waals surface area contributed by atoms with Crippen LogP contribution in [0.1, 0.15) is 18.6 Å². The summed E-state index contributed by atoms with van der Waals surface area (Å²) in [7, 11) is 2.00. The summed E-state index contributed by atoms with van der Waals surface area (Å²) >= 11 is 0. The Morgan fingerprint density at radius 2 is 2.64 bits per heavy atom. The summed E-state index contributed by atoms with van der Waals surface area (Å²) in [5.74, 6) is 0.966. The lowest BCUT2D eigenvalue weighted by molar-refractivity contribution is 0.213. The maximum atomic E-state index is 5.11. The molecule has 1 saturated heterocycles. The first-order chi connectivity index (χ1) is 6.90. The molecular weight excluding hydrogens is 178 g/mol. The molecule has 0 aromatic carbocycles. The molecule has 1 unspecified atom stereocenters. The minimum absolute atomic E-state index is 0.657. The zero-order valence-corrected chi connectivity index (χ0v) is 8.57. The van der Waals surface area contributed by atoms with Gasteiger partial charge in [-0.05, 0) is 26.4 Å². The van der Waals surface area contributed by atoms with Gasteiger partial charge >= 0.3 is 0 Å². The predicted octanol–water partition coefficient (Wildman–Crippen LogP) is 0.858. The zero-order chi connectivity index (χ0) is 9.80. The van der Waals surface area contributed by atoms with Gasteiger partial charge in [-0.3, -0.25) is 4.90 Å². The summed E-state index contributed by atoms with van der Waals surface area (Å²) in [5.41, 5.74) is 0. The summed E-state index contributed by atoms with van der Waals surface area (Å²) in [4.78, 5) is 2.46. The van der Waals surface area contributed by atoms with Crippen LogP contribution < -0.4 is 5.32 Å². The van der Waals surface area contributed by atoms with Crippen molar-refractivity contribution in [3.8, 4) is 0 Å². The Bertz CT molecular complexity index is 260. The van der Waals surface area contributed by atoms with E-state index < -0.39 is 0 Å². The number of nitrogens with zero attached hydrogens (tertiary/aromatic N) is 2. The topological polar surface area (TPSA) is 41.3 Å². The second-order valence-electron chi connectivity index (χ2n) is 3.80. The molecule has 0 spiro atoms. The van der Waals surface area contributed by atoms with Crippen LogP contribution in [-0.4, -0.2) is 36.2 Å². The molecule has 0 aliphatic carbocycles. The largest absolute Gasteiger partial charge is 0.360 e. The van der Waals surface area contributed by atoms with E-state index in [0.717, 1.165) is 18.8 Å². The van der Waals surface area contributed by atoms with Gasteiger partial charge in [-0.2, -0.15) is 0 Å². The van der Waals surface area contributed by atoms with Crippen LogP contribution in [0.2, 0.25) is 0 Å². The highest BCUT2D eigenvalue weighted by Crippen LogP contribution is 2.19. The van der Waals surface area contributed by atoms with Crippen LogP contribution in [0.25, 0.3) is 0 Å². The Morgan fingerprint density at radius 3 is 3.36 bits per heavy atom. The van der Waals surface area contributed by atoms with Crippen LogP contribution in [0.5, 0.6) is 0 Å². The van der Waals surface area contributed by atoms with Crippen molar-refractivity contribution in [2.24, 2.45) is 0 Å². The summed E-state index contributed by atoms with van der Waals surface area (Å²) in [5, 5.41) is 6.95. The molecular formula is C10H17N3O. The highest BCUT2D eigenvalue weighted by molar-refractivity contribution is 4.95. The molecule has 2 heterocycles. The molecule has 1 aliphatic heterocycles. The number of hydrogen-bond donors (Lipinski definition) is 1. The molecule has 0 amide bonds. The SMILES string of the molecule is CNCC1CCCN1Cc1ccno1. The van der Waals surface area contributed by atoms with E-state index >= 15 is 0 Å². The third kappa shape index (κ3) is 2.13. The highest BCUT2D eigenvalue weighted by atomic mass is 16.5. The number of nitrogens with one attached hydrogen (secondary N) is 1. The lowest BCUT2D eigenvalue weighted by atomic mass is 10.2. The van der Waals surface area contributed by atoms with E-state index in [1.54, 1.807) is 6.20 Å². The van der Waals surface area contributed by atoms with E-state index in [1.807, 2.05) is 13.1 Å². The van der Waals surface area contributed by atoms with E-state index in [0.29, 0.717) is 6.04 Å². The number of rotatable bonds is 4. The van der Waals surface area contributed by atoms with E-state index in [-0.39, 0.29) is 0 Å². The van der Waals surface area contributed by atoms with Crippen molar-refractivity contribution >= 4 is 0 Å². The van der Waals surface area contributed by atoms with E-state index in [9.17, 15) is 0 Å². The minimum Gasteiger partial charge on any atom is -0.360 e. The van der Waals surface area contributed by atoms with Gasteiger partial charge in [-0.15, -0.1) is 0 Å². The van der Waals surface area contributed by atoms with Gasteiger partial charge in [0.1, 0.15) is 0 Å². The van der Waals surface area contributed by atoms with Crippen molar-refractivity contribution in [2.45, 2.75) is 25.4 Å². The Hall–Kier alpha value is -0.870. The van der Waals surface area contributed by atoms with Gasteiger partial charge in [0.25, 0.3) is 0 Å². The lowest BCUT2D eigenvalue weighted by Gasteiger charge is -2.22. The first kappa shape index (κ1) is 9.68. The second kappa shape index (κ2) is 4.57. The normalized spacial score (nSPS) is 23.1. The maximum absolute atomic E-state index is 5.11. The van der Waals surface area contributed by atoms with Gasteiger partial charge in [0, 0.05) is 18.7 Å². The molecule has 1 fully saturated rings. The van der Waals surface area contributed by atoms with Crippen LogP contribution in [0.15, 0.2) is 16.8 Å². The molecule has 78 valence electrons. The van der Waals surface area contributed by atoms with Crippen LogP contribution in [0.4, 0.5) is 0 Å². The Morgan fingerprint density at radius 1 is 1.71 bits per heavy atom. The third-order valence-corrected chi connectivity index (χ3v) is 2.79. The van der Waals surface area contributed by atoms with Crippen molar-refractivity contribution < 1.29 is 4.52 Å². The Kier molecular flexibility index (Phi) is 3.16. The van der Waals surface area contributed by atoms with Crippen molar-refractivity contribution in [1.29, 1.82) is 0 Å². The monoisotopic (exact) mass is 195 g/mol. The molecule has 0 radical (unpaired) electrons. The van der Waals surface area contributed by atoms with E-state index in [1.165, 1.54) is 19.4 Å². The molecule has 4 nitrogen and oxygen atoms in total. The van der Waals surface area contributed by atoms with Gasteiger partial charge in [-0.25, -0.2) is 0 Å². The van der Waals surface area contributed by atoms with E-state index in [2.05, 4.69) is 15.4 Å². The molecule has 0 bridgehead atoms. The molecule has 1 aromatic rings. The van der Waals surface area contributed by atoms with Gasteiger partial charge < -0.3 is 9.84 Å². The van der Waals surface area contributed by atoms with Crippen molar-refractivity contribution in [1.82, 2.24) is 15.4 Å². The smallest absolute Gasteiger partial charge is 0.150 e. The van der Waals surface area contributed by atoms with Gasteiger partial charge in [-0.1, -0.05) is 5.16 Å². The zero-order valence-electron chi connectivity index (χ0n) is 8.57. The summed E-state index contributed by atoms with van der Waals surface area (Å²) in [6.45, 7) is 3.13. The van der Waals surface area contributed by atoms with E-state index in [4.69, 9.17) is 4.52 Å². The first-order valence-corrected chi connectivity index (χ1v) is 5.18. The average molecular weight is 195 g/mol. The number of likely N-dealkylation sites (tertiary alicyclic amines) is 1. The van der Waals surface area contributed by atoms with Crippen LogP contribution in [-0.2, 0) is 6.54 Å². The average Bonchev–Trinajstić information content (AvgIpc) is 2.80. The summed E-state index contributed by atoms with van der Waals surface area (Å²) < 4.78 is 5.11. The predicted molar refractivity (Wildman–Crippen MR) is 53.9 cm³/mol. The summed E-state index contributed by atoms with van der Waals surface area (Å²) in [6.07, 6.45) is 4.29. The van der Waals surface area contributed by atoms with Crippen LogP contribution >= 0.6 is 0 Å². The fraction of sp³-hybridized carbons (Fsp3) is 0.700. The quantitative estimate of drug-likeness (QED) is 0.773. The molecule has 1 aliphatic rings. The standard InChI is InChI=1S/C10H17N3O/c1-11-7-9-3-2-6-13(9)8-10-4-5-12-14-10/h4-5,9,11H,2-3,6-8H2,1H3. The van der Waals surface area contributed by atoms with Gasteiger partial charge in [0.2, 0.25) is 0 Å². The van der Waals surface area contributed by atoms with Gasteiger partial charge in [0.05, 0.1) is 12.7 Å². The molecule has 14 heavy (non-hydrogen) atoms. The lowest BCUT2D eigenvalue weighted by Crippen LogP contribution is -2.36. The molecule has 2 rings (SSSR count). The Balaban J connectivity index is 1.90. The fourth-order valence-electron chi connectivity index (χ4n) is 2.09. The van der Waals surface area contributed by atoms with Crippen LogP contribution in [0.3, 0.4) is 0 Å². The summed E-state index contributed by atoms with van der Waals surface area (Å²) in [6, 6.07) is 2.60. The second-order valence-corrected chi connectivity index (χ2v) is 3.80. The number of aromatic nitrogens is 1. The third-order valence-electron chi connectivity index (χ3n) is 2.79. The number of hydrogen-bond acceptors (Lipinski definition) is 4. The number of likely N-dealkylation sites (N-methyl/N-ethyl adjacent to an activating group) is 1. The molecule has 4 heteroatoms.